The van der Waals surface area contributed by atoms with E-state index in [1.165, 1.54) is 12.5 Å². The van der Waals surface area contributed by atoms with Crippen LogP contribution in [0.15, 0.2) is 12.5 Å². The lowest BCUT2D eigenvalue weighted by Crippen LogP contribution is -2.56. The summed E-state index contributed by atoms with van der Waals surface area (Å²) >= 11 is 0. The van der Waals surface area contributed by atoms with Crippen LogP contribution in [0.25, 0.3) is 0 Å². The lowest BCUT2D eigenvalue weighted by Gasteiger charge is -2.26. The molecule has 7 nitrogen and oxygen atoms in total. The monoisotopic (exact) mass is 268 g/mol. The number of H-pyrrole nitrogens is 1. The minimum Gasteiger partial charge on any atom is -0.480 e. The van der Waals surface area contributed by atoms with E-state index in [4.69, 9.17) is 5.11 Å². The number of aromatic amines is 1. The fourth-order valence-electron chi connectivity index (χ4n) is 1.68. The maximum Gasteiger partial charge on any atom is 0.326 e. The van der Waals surface area contributed by atoms with Crippen LogP contribution in [0, 0.1) is 0 Å². The molecule has 7 heteroatoms. The van der Waals surface area contributed by atoms with Gasteiger partial charge in [0.15, 0.2) is 0 Å². The molecule has 0 aromatic carbocycles. The number of hydrogen-bond acceptors (Lipinski definition) is 4. The highest BCUT2D eigenvalue weighted by atomic mass is 16.4. The summed E-state index contributed by atoms with van der Waals surface area (Å²) in [6.45, 7) is 5.93. The topological polar surface area (TPSA) is 107 Å². The molecule has 1 rings (SSSR count). The Morgan fingerprint density at radius 1 is 1.53 bits per heavy atom. The number of nitrogens with zero attached hydrogens (tertiary/aromatic N) is 1. The van der Waals surface area contributed by atoms with Gasteiger partial charge in [-0.3, -0.25) is 4.79 Å². The van der Waals surface area contributed by atoms with Crippen LogP contribution in [0.1, 0.15) is 26.5 Å². The molecule has 0 aliphatic heterocycles. The predicted molar refractivity (Wildman–Crippen MR) is 69.6 cm³/mol. The zero-order valence-electron chi connectivity index (χ0n) is 11.4. The Morgan fingerprint density at radius 2 is 2.21 bits per heavy atom. The molecule has 0 spiro atoms. The zero-order chi connectivity index (χ0) is 14.5. The van der Waals surface area contributed by atoms with Gasteiger partial charge < -0.3 is 20.7 Å². The second-order valence-electron chi connectivity index (χ2n) is 4.80. The number of likely N-dealkylation sites (N-methyl/N-ethyl adjacent to an activating group) is 1. The van der Waals surface area contributed by atoms with Gasteiger partial charge in [-0.05, 0) is 20.4 Å². The molecule has 19 heavy (non-hydrogen) atoms. The first-order valence-corrected chi connectivity index (χ1v) is 6.13. The summed E-state index contributed by atoms with van der Waals surface area (Å²) in [5.74, 6) is -1.42. The van der Waals surface area contributed by atoms with E-state index in [2.05, 4.69) is 20.6 Å². The van der Waals surface area contributed by atoms with E-state index < -0.39 is 17.6 Å². The average molecular weight is 268 g/mol. The molecule has 1 atom stereocenters. The summed E-state index contributed by atoms with van der Waals surface area (Å²) in [6.07, 6.45) is 3.18. The number of carbonyl (C=O) groups is 2. The Hall–Kier alpha value is -1.89. The van der Waals surface area contributed by atoms with Gasteiger partial charge in [-0.15, -0.1) is 0 Å². The van der Waals surface area contributed by atoms with Gasteiger partial charge in [0.1, 0.15) is 6.04 Å². The molecule has 0 bridgehead atoms. The molecule has 106 valence electrons. The molecule has 0 aliphatic rings. The van der Waals surface area contributed by atoms with Crippen molar-refractivity contribution in [2.75, 3.05) is 6.54 Å². The number of rotatable bonds is 7. The van der Waals surface area contributed by atoms with Crippen LogP contribution in [-0.4, -0.2) is 45.1 Å². The summed E-state index contributed by atoms with van der Waals surface area (Å²) in [7, 11) is 0. The Bertz CT molecular complexity index is 428. The number of aromatic nitrogens is 2. The van der Waals surface area contributed by atoms with Gasteiger partial charge in [0.25, 0.3) is 0 Å². The molecule has 0 unspecified atom stereocenters. The molecule has 1 aromatic rings. The van der Waals surface area contributed by atoms with Crippen molar-refractivity contribution in [2.45, 2.75) is 38.8 Å². The fraction of sp³-hybridized carbons (Fsp3) is 0.583. The first kappa shape index (κ1) is 15.2. The van der Waals surface area contributed by atoms with Gasteiger partial charge in [-0.1, -0.05) is 6.92 Å². The van der Waals surface area contributed by atoms with Gasteiger partial charge in [0.2, 0.25) is 5.91 Å². The highest BCUT2D eigenvalue weighted by Crippen LogP contribution is 2.05. The lowest BCUT2D eigenvalue weighted by atomic mass is 10.0. The van der Waals surface area contributed by atoms with Crippen LogP contribution < -0.4 is 10.6 Å². The van der Waals surface area contributed by atoms with E-state index >= 15 is 0 Å². The third-order valence-electron chi connectivity index (χ3n) is 2.77. The van der Waals surface area contributed by atoms with Crippen molar-refractivity contribution in [1.29, 1.82) is 0 Å². The minimum atomic E-state index is -1.07. The van der Waals surface area contributed by atoms with Crippen molar-refractivity contribution in [1.82, 2.24) is 20.6 Å². The number of aliphatic carboxylic acids is 1. The van der Waals surface area contributed by atoms with E-state index in [0.29, 0.717) is 12.2 Å². The SMILES string of the molecule is CCNC(C)(C)C(=O)N[C@H](Cc1cnc[nH]1)C(=O)O. The van der Waals surface area contributed by atoms with Gasteiger partial charge in [0.05, 0.1) is 11.9 Å². The summed E-state index contributed by atoms with van der Waals surface area (Å²) in [4.78, 5) is 29.8. The van der Waals surface area contributed by atoms with E-state index in [1.807, 2.05) is 6.92 Å². The van der Waals surface area contributed by atoms with Crippen molar-refractivity contribution in [3.63, 3.8) is 0 Å². The molecule has 0 saturated carbocycles. The number of imidazole rings is 1. The molecule has 1 amide bonds. The second kappa shape index (κ2) is 6.33. The van der Waals surface area contributed by atoms with Crippen LogP contribution in [-0.2, 0) is 16.0 Å². The molecule has 0 fully saturated rings. The van der Waals surface area contributed by atoms with Crippen molar-refractivity contribution < 1.29 is 14.7 Å². The summed E-state index contributed by atoms with van der Waals surface area (Å²) in [5.41, 5.74) is -0.148. The first-order chi connectivity index (χ1) is 8.86. The average Bonchev–Trinajstić information content (AvgIpc) is 2.80. The van der Waals surface area contributed by atoms with Crippen LogP contribution in [0.4, 0.5) is 0 Å². The molecule has 0 radical (unpaired) electrons. The highest BCUT2D eigenvalue weighted by molar-refractivity contribution is 5.89. The van der Waals surface area contributed by atoms with E-state index in [9.17, 15) is 9.59 Å². The highest BCUT2D eigenvalue weighted by Gasteiger charge is 2.30. The number of carboxylic acid groups (broad SMARTS) is 1. The summed E-state index contributed by atoms with van der Waals surface area (Å²) in [5, 5.41) is 14.7. The standard InChI is InChI=1S/C12H20N4O3/c1-4-15-12(2,3)11(19)16-9(10(17)18)5-8-6-13-7-14-8/h6-7,9,15H,4-5H2,1-3H3,(H,13,14)(H,16,19)(H,17,18)/t9-/m1/s1. The fourth-order valence-corrected chi connectivity index (χ4v) is 1.68. The van der Waals surface area contributed by atoms with Crippen LogP contribution in [0.5, 0.6) is 0 Å². The minimum absolute atomic E-state index is 0.170. The molecule has 1 heterocycles. The molecular weight excluding hydrogens is 248 g/mol. The maximum absolute atomic E-state index is 12.0. The largest absolute Gasteiger partial charge is 0.480 e. The van der Waals surface area contributed by atoms with Gasteiger partial charge >= 0.3 is 5.97 Å². The normalized spacial score (nSPS) is 13.0. The Kier molecular flexibility index (Phi) is 5.05. The van der Waals surface area contributed by atoms with Gasteiger partial charge in [-0.25, -0.2) is 9.78 Å². The van der Waals surface area contributed by atoms with Gasteiger partial charge in [0, 0.05) is 18.3 Å². The third kappa shape index (κ3) is 4.36. The summed E-state index contributed by atoms with van der Waals surface area (Å²) in [6, 6.07) is -0.981. The number of carbonyl (C=O) groups excluding carboxylic acids is 1. The van der Waals surface area contributed by atoms with Crippen LogP contribution in [0.3, 0.4) is 0 Å². The third-order valence-corrected chi connectivity index (χ3v) is 2.77. The molecule has 0 saturated heterocycles. The number of nitrogens with one attached hydrogen (secondary N) is 3. The Morgan fingerprint density at radius 3 is 2.68 bits per heavy atom. The molecule has 4 N–H and O–H groups in total. The molecule has 0 aliphatic carbocycles. The predicted octanol–water partition coefficient (Wildman–Crippen LogP) is -0.0903. The number of hydrogen-bond donors (Lipinski definition) is 4. The molecular formula is C12H20N4O3. The van der Waals surface area contributed by atoms with Crippen molar-refractivity contribution in [3.8, 4) is 0 Å². The first-order valence-electron chi connectivity index (χ1n) is 6.13. The van der Waals surface area contributed by atoms with Crippen molar-refractivity contribution >= 4 is 11.9 Å². The smallest absolute Gasteiger partial charge is 0.326 e. The Balaban J connectivity index is 2.69. The van der Waals surface area contributed by atoms with E-state index in [-0.39, 0.29) is 12.3 Å². The summed E-state index contributed by atoms with van der Waals surface area (Å²) < 4.78 is 0. The maximum atomic E-state index is 12.0. The lowest BCUT2D eigenvalue weighted by molar-refractivity contribution is -0.142. The van der Waals surface area contributed by atoms with Crippen molar-refractivity contribution in [2.24, 2.45) is 0 Å². The van der Waals surface area contributed by atoms with Crippen LogP contribution in [0.2, 0.25) is 0 Å². The second-order valence-corrected chi connectivity index (χ2v) is 4.80. The Labute approximate surface area is 111 Å². The van der Waals surface area contributed by atoms with Crippen molar-refractivity contribution in [3.05, 3.63) is 18.2 Å². The molecule has 1 aromatic heterocycles. The number of amides is 1. The quantitative estimate of drug-likeness (QED) is 0.553. The van der Waals surface area contributed by atoms with E-state index in [0.717, 1.165) is 0 Å². The zero-order valence-corrected chi connectivity index (χ0v) is 11.4. The van der Waals surface area contributed by atoms with E-state index in [1.54, 1.807) is 13.8 Å². The number of carboxylic acids is 1. The van der Waals surface area contributed by atoms with Gasteiger partial charge in [-0.2, -0.15) is 0 Å². The van der Waals surface area contributed by atoms with Crippen LogP contribution >= 0.6 is 0 Å².